The molecule has 0 bridgehead atoms. The number of nitrogens with zero attached hydrogens (tertiary/aromatic N) is 3. The highest BCUT2D eigenvalue weighted by Crippen LogP contribution is 2.31. The molecule has 25 heavy (non-hydrogen) atoms. The Hall–Kier alpha value is -1.99. The van der Waals surface area contributed by atoms with Crippen LogP contribution in [-0.2, 0) is 4.79 Å². The monoisotopic (exact) mass is 376 g/mol. The van der Waals surface area contributed by atoms with Crippen LogP contribution in [0.15, 0.2) is 40.1 Å². The number of fused-ring (bicyclic) bond motifs is 1. The van der Waals surface area contributed by atoms with Gasteiger partial charge in [-0.3, -0.25) is 4.79 Å². The Labute approximate surface area is 153 Å². The normalized spacial score (nSPS) is 15.1. The molecule has 0 unspecified atom stereocenters. The van der Waals surface area contributed by atoms with Crippen LogP contribution >= 0.6 is 23.4 Å². The van der Waals surface area contributed by atoms with Crippen molar-refractivity contribution in [2.45, 2.75) is 36.9 Å². The fourth-order valence-electron chi connectivity index (χ4n) is 3.10. The third-order valence-electron chi connectivity index (χ3n) is 4.27. The van der Waals surface area contributed by atoms with Gasteiger partial charge in [-0.2, -0.15) is 5.10 Å². The van der Waals surface area contributed by atoms with E-state index >= 15 is 0 Å². The van der Waals surface area contributed by atoms with Crippen molar-refractivity contribution in [2.75, 3.05) is 11.1 Å². The molecule has 3 aromatic rings. The number of hydrogen-bond donors (Lipinski definition) is 1. The van der Waals surface area contributed by atoms with Crippen molar-refractivity contribution in [1.82, 2.24) is 14.8 Å². The minimum Gasteiger partial charge on any atom is -0.431 e. The number of carbonyl (C=O) groups is 1. The molecule has 0 aliphatic heterocycles. The molecular formula is C17H17ClN4O2S. The van der Waals surface area contributed by atoms with Crippen molar-refractivity contribution in [2.24, 2.45) is 0 Å². The zero-order valence-corrected chi connectivity index (χ0v) is 15.0. The van der Waals surface area contributed by atoms with Crippen LogP contribution in [0.1, 0.15) is 31.7 Å². The van der Waals surface area contributed by atoms with E-state index in [-0.39, 0.29) is 11.7 Å². The van der Waals surface area contributed by atoms with E-state index in [1.807, 2.05) is 10.7 Å². The lowest BCUT2D eigenvalue weighted by atomic mass is 10.2. The highest BCUT2D eigenvalue weighted by Gasteiger charge is 2.20. The van der Waals surface area contributed by atoms with E-state index in [2.05, 4.69) is 15.4 Å². The second kappa shape index (κ2) is 7.09. The van der Waals surface area contributed by atoms with E-state index in [1.54, 1.807) is 24.4 Å². The molecule has 0 radical (unpaired) electrons. The predicted molar refractivity (Wildman–Crippen MR) is 98.1 cm³/mol. The standard InChI is InChI=1S/C17H17ClN4O2S/c18-11-5-6-14-13(9-11)20-17(24-14)25-10-16(23)21-15-7-8-19-22(15)12-3-1-2-4-12/h5-9,12H,1-4,10H2,(H,21,23). The molecule has 8 heteroatoms. The summed E-state index contributed by atoms with van der Waals surface area (Å²) in [6, 6.07) is 7.49. The van der Waals surface area contributed by atoms with E-state index in [0.717, 1.165) is 18.7 Å². The van der Waals surface area contributed by atoms with Crippen molar-refractivity contribution in [3.63, 3.8) is 0 Å². The fraction of sp³-hybridized carbons (Fsp3) is 0.353. The first-order valence-electron chi connectivity index (χ1n) is 8.21. The largest absolute Gasteiger partial charge is 0.431 e. The molecule has 1 aromatic carbocycles. The van der Waals surface area contributed by atoms with Gasteiger partial charge < -0.3 is 9.73 Å². The maximum atomic E-state index is 12.3. The molecule has 1 amide bonds. The van der Waals surface area contributed by atoms with Gasteiger partial charge in [0.25, 0.3) is 5.22 Å². The maximum Gasteiger partial charge on any atom is 0.257 e. The van der Waals surface area contributed by atoms with Crippen molar-refractivity contribution in [3.8, 4) is 0 Å². The molecule has 1 N–H and O–H groups in total. The lowest BCUT2D eigenvalue weighted by molar-refractivity contribution is -0.113. The van der Waals surface area contributed by atoms with E-state index in [4.69, 9.17) is 16.0 Å². The van der Waals surface area contributed by atoms with E-state index in [1.165, 1.54) is 24.6 Å². The number of nitrogens with one attached hydrogen (secondary N) is 1. The number of amides is 1. The van der Waals surface area contributed by atoms with Gasteiger partial charge in [-0.15, -0.1) is 0 Å². The van der Waals surface area contributed by atoms with Crippen molar-refractivity contribution < 1.29 is 9.21 Å². The number of carbonyl (C=O) groups excluding carboxylic acids is 1. The van der Waals surface area contributed by atoms with E-state index in [0.29, 0.717) is 27.4 Å². The summed E-state index contributed by atoms with van der Waals surface area (Å²) < 4.78 is 7.54. The molecule has 1 saturated carbocycles. The molecule has 0 saturated heterocycles. The molecule has 1 fully saturated rings. The van der Waals surface area contributed by atoms with Crippen LogP contribution < -0.4 is 5.32 Å². The molecule has 0 atom stereocenters. The lowest BCUT2D eigenvalue weighted by Crippen LogP contribution is -2.19. The van der Waals surface area contributed by atoms with Crippen molar-refractivity contribution in [1.29, 1.82) is 0 Å². The van der Waals surface area contributed by atoms with E-state index in [9.17, 15) is 4.79 Å². The number of anilines is 1. The number of benzene rings is 1. The molecule has 2 aromatic heterocycles. The summed E-state index contributed by atoms with van der Waals surface area (Å²) in [7, 11) is 0. The van der Waals surface area contributed by atoms with Crippen LogP contribution in [0.3, 0.4) is 0 Å². The quantitative estimate of drug-likeness (QED) is 0.662. The van der Waals surface area contributed by atoms with Gasteiger partial charge in [0.05, 0.1) is 18.0 Å². The Bertz CT molecular complexity index is 901. The number of thioether (sulfide) groups is 1. The topological polar surface area (TPSA) is 73.0 Å². The molecule has 0 spiro atoms. The molecular weight excluding hydrogens is 360 g/mol. The van der Waals surface area contributed by atoms with Crippen LogP contribution in [0, 0.1) is 0 Å². The first-order chi connectivity index (χ1) is 12.2. The summed E-state index contributed by atoms with van der Waals surface area (Å²) in [6.07, 6.45) is 6.39. The van der Waals surface area contributed by atoms with Crippen molar-refractivity contribution >= 4 is 46.2 Å². The Morgan fingerprint density at radius 2 is 2.20 bits per heavy atom. The summed E-state index contributed by atoms with van der Waals surface area (Å²) in [6.45, 7) is 0. The fourth-order valence-corrected chi connectivity index (χ4v) is 3.91. The third kappa shape index (κ3) is 3.67. The summed E-state index contributed by atoms with van der Waals surface area (Å²) in [5.74, 6) is 0.864. The molecule has 6 nitrogen and oxygen atoms in total. The number of aromatic nitrogens is 3. The third-order valence-corrected chi connectivity index (χ3v) is 5.33. The number of oxazole rings is 1. The van der Waals surface area contributed by atoms with Gasteiger partial charge >= 0.3 is 0 Å². The molecule has 130 valence electrons. The Balaban J connectivity index is 1.38. The molecule has 4 rings (SSSR count). The molecule has 1 aliphatic rings. The van der Waals surface area contributed by atoms with Gasteiger partial charge in [0.1, 0.15) is 11.3 Å². The predicted octanol–water partition coefficient (Wildman–Crippen LogP) is 4.52. The van der Waals surface area contributed by atoms with Crippen LogP contribution in [-0.4, -0.2) is 26.4 Å². The number of rotatable bonds is 5. The summed E-state index contributed by atoms with van der Waals surface area (Å²) in [5, 5.41) is 8.35. The summed E-state index contributed by atoms with van der Waals surface area (Å²) in [4.78, 5) is 16.6. The molecule has 1 aliphatic carbocycles. The van der Waals surface area contributed by atoms with Crippen LogP contribution in [0.4, 0.5) is 5.82 Å². The van der Waals surface area contributed by atoms with E-state index < -0.39 is 0 Å². The Kier molecular flexibility index (Phi) is 4.67. The highest BCUT2D eigenvalue weighted by atomic mass is 35.5. The van der Waals surface area contributed by atoms with Crippen LogP contribution in [0.25, 0.3) is 11.1 Å². The van der Waals surface area contributed by atoms with Crippen LogP contribution in [0.5, 0.6) is 0 Å². The smallest absolute Gasteiger partial charge is 0.257 e. The second-order valence-corrected chi connectivity index (χ2v) is 7.39. The SMILES string of the molecule is O=C(CSc1nc2cc(Cl)ccc2o1)Nc1ccnn1C1CCCC1. The van der Waals surface area contributed by atoms with Gasteiger partial charge in [-0.05, 0) is 31.0 Å². The second-order valence-electron chi connectivity index (χ2n) is 6.03. The number of halogens is 1. The molecule has 2 heterocycles. The van der Waals surface area contributed by atoms with Crippen LogP contribution in [0.2, 0.25) is 5.02 Å². The number of hydrogen-bond acceptors (Lipinski definition) is 5. The lowest BCUT2D eigenvalue weighted by Gasteiger charge is -2.14. The zero-order chi connectivity index (χ0) is 17.2. The Morgan fingerprint density at radius 1 is 1.36 bits per heavy atom. The minimum absolute atomic E-state index is 0.106. The summed E-state index contributed by atoms with van der Waals surface area (Å²) in [5.41, 5.74) is 1.35. The average molecular weight is 377 g/mol. The Morgan fingerprint density at radius 3 is 3.04 bits per heavy atom. The minimum atomic E-state index is -0.106. The zero-order valence-electron chi connectivity index (χ0n) is 13.4. The van der Waals surface area contributed by atoms with Gasteiger partial charge in [0, 0.05) is 11.1 Å². The van der Waals surface area contributed by atoms with Gasteiger partial charge in [-0.25, -0.2) is 9.67 Å². The highest BCUT2D eigenvalue weighted by molar-refractivity contribution is 7.99. The van der Waals surface area contributed by atoms with Gasteiger partial charge in [0.2, 0.25) is 5.91 Å². The first-order valence-corrected chi connectivity index (χ1v) is 9.58. The van der Waals surface area contributed by atoms with Gasteiger partial charge in [0.15, 0.2) is 5.58 Å². The van der Waals surface area contributed by atoms with Crippen molar-refractivity contribution in [3.05, 3.63) is 35.5 Å². The average Bonchev–Trinajstić information content (AvgIpc) is 3.32. The summed E-state index contributed by atoms with van der Waals surface area (Å²) >= 11 is 7.20. The maximum absolute atomic E-state index is 12.3. The van der Waals surface area contributed by atoms with Gasteiger partial charge in [-0.1, -0.05) is 36.2 Å². The first kappa shape index (κ1) is 16.5.